The highest BCUT2D eigenvalue weighted by Crippen LogP contribution is 2.29. The summed E-state index contributed by atoms with van der Waals surface area (Å²) in [6, 6.07) is 7.38. The van der Waals surface area contributed by atoms with Crippen LogP contribution in [0.15, 0.2) is 24.3 Å². The van der Waals surface area contributed by atoms with Gasteiger partial charge in [-0.2, -0.15) is 4.98 Å². The van der Waals surface area contributed by atoms with Crippen molar-refractivity contribution in [2.75, 3.05) is 18.1 Å². The summed E-state index contributed by atoms with van der Waals surface area (Å²) in [6.45, 7) is 0.448. The first-order chi connectivity index (χ1) is 8.63. The molecule has 0 radical (unpaired) electrons. The Labute approximate surface area is 110 Å². The highest BCUT2D eigenvalue weighted by Gasteiger charge is 2.09. The maximum Gasteiger partial charge on any atom is 0.222 e. The molecule has 1 aromatic carbocycles. The van der Waals surface area contributed by atoms with E-state index in [9.17, 15) is 0 Å². The van der Waals surface area contributed by atoms with E-state index in [0.717, 1.165) is 11.1 Å². The fourth-order valence-electron chi connectivity index (χ4n) is 1.63. The molecule has 0 saturated heterocycles. The van der Waals surface area contributed by atoms with Crippen molar-refractivity contribution in [2.45, 2.75) is 6.54 Å². The minimum Gasteiger partial charge on any atom is -0.373 e. The minimum atomic E-state index is 0.200. The second-order valence-electron chi connectivity index (χ2n) is 3.76. The van der Waals surface area contributed by atoms with Crippen LogP contribution >= 0.6 is 11.6 Å². The van der Waals surface area contributed by atoms with E-state index in [-0.39, 0.29) is 5.95 Å². The van der Waals surface area contributed by atoms with Crippen LogP contribution in [0.3, 0.4) is 0 Å². The smallest absolute Gasteiger partial charge is 0.222 e. The van der Waals surface area contributed by atoms with Gasteiger partial charge in [0.05, 0.1) is 5.69 Å². The molecule has 2 aromatic rings. The lowest BCUT2D eigenvalue weighted by Crippen LogP contribution is -2.02. The summed E-state index contributed by atoms with van der Waals surface area (Å²) in [5.74, 6) is 0.845. The molecule has 18 heavy (non-hydrogen) atoms. The Hall–Kier alpha value is -1.85. The molecule has 6 heteroatoms. The molecule has 0 spiro atoms. The summed E-state index contributed by atoms with van der Waals surface area (Å²) in [5.41, 5.74) is 13.7. The summed E-state index contributed by atoms with van der Waals surface area (Å²) >= 11 is 6.17. The zero-order valence-electron chi connectivity index (χ0n) is 9.94. The standard InChI is InChI=1S/C12H14ClN5/c1-16-11-5-10(17-12(15)18-11)8-4-7(6-14)2-3-9(8)13/h2-5H,6,14H2,1H3,(H3,15,16,17,18). The summed E-state index contributed by atoms with van der Waals surface area (Å²) in [7, 11) is 1.77. The molecule has 2 rings (SSSR count). The predicted molar refractivity (Wildman–Crippen MR) is 74.3 cm³/mol. The predicted octanol–water partition coefficient (Wildman–Crippen LogP) is 1.88. The molecule has 5 nitrogen and oxygen atoms in total. The molecule has 0 amide bonds. The first-order valence-electron chi connectivity index (χ1n) is 5.45. The van der Waals surface area contributed by atoms with Gasteiger partial charge in [0.15, 0.2) is 0 Å². The fraction of sp³-hybridized carbons (Fsp3) is 0.167. The molecule has 0 aliphatic heterocycles. The number of rotatable bonds is 3. The van der Waals surface area contributed by atoms with Gasteiger partial charge in [-0.15, -0.1) is 0 Å². The molecular weight excluding hydrogens is 250 g/mol. The monoisotopic (exact) mass is 263 g/mol. The van der Waals surface area contributed by atoms with Gasteiger partial charge in [-0.3, -0.25) is 0 Å². The van der Waals surface area contributed by atoms with Gasteiger partial charge in [-0.1, -0.05) is 17.7 Å². The number of nitrogens with two attached hydrogens (primary N) is 2. The van der Waals surface area contributed by atoms with E-state index in [1.807, 2.05) is 12.1 Å². The maximum atomic E-state index is 6.17. The zero-order chi connectivity index (χ0) is 13.1. The number of nitrogens with zero attached hydrogens (tertiary/aromatic N) is 2. The molecular formula is C12H14ClN5. The first-order valence-corrected chi connectivity index (χ1v) is 5.83. The molecule has 1 aromatic heterocycles. The quantitative estimate of drug-likeness (QED) is 0.787. The summed E-state index contributed by atoms with van der Waals surface area (Å²) < 4.78 is 0. The lowest BCUT2D eigenvalue weighted by Gasteiger charge is -2.08. The number of hydrogen-bond donors (Lipinski definition) is 3. The van der Waals surface area contributed by atoms with Crippen LogP contribution < -0.4 is 16.8 Å². The van der Waals surface area contributed by atoms with Gasteiger partial charge in [0.2, 0.25) is 5.95 Å². The van der Waals surface area contributed by atoms with Gasteiger partial charge in [0.1, 0.15) is 5.82 Å². The van der Waals surface area contributed by atoms with E-state index in [0.29, 0.717) is 23.1 Å². The summed E-state index contributed by atoms with van der Waals surface area (Å²) in [6.07, 6.45) is 0. The Bertz CT molecular complexity index is 570. The van der Waals surface area contributed by atoms with E-state index in [4.69, 9.17) is 23.1 Å². The van der Waals surface area contributed by atoms with E-state index in [1.165, 1.54) is 0 Å². The molecule has 5 N–H and O–H groups in total. The lowest BCUT2D eigenvalue weighted by atomic mass is 10.1. The normalized spacial score (nSPS) is 10.4. The van der Waals surface area contributed by atoms with Crippen LogP contribution in [-0.2, 0) is 6.54 Å². The number of anilines is 2. The van der Waals surface area contributed by atoms with Gasteiger partial charge < -0.3 is 16.8 Å². The Morgan fingerprint density at radius 1 is 1.28 bits per heavy atom. The number of halogens is 1. The number of benzene rings is 1. The molecule has 1 heterocycles. The summed E-state index contributed by atoms with van der Waals surface area (Å²) in [5, 5.41) is 3.53. The van der Waals surface area contributed by atoms with Gasteiger partial charge in [0, 0.05) is 30.2 Å². The van der Waals surface area contributed by atoms with Gasteiger partial charge >= 0.3 is 0 Å². The van der Waals surface area contributed by atoms with Crippen molar-refractivity contribution in [1.29, 1.82) is 0 Å². The van der Waals surface area contributed by atoms with Gasteiger partial charge in [-0.05, 0) is 17.7 Å². The Morgan fingerprint density at radius 3 is 2.72 bits per heavy atom. The lowest BCUT2D eigenvalue weighted by molar-refractivity contribution is 1.07. The molecule has 0 unspecified atom stereocenters. The molecule has 0 saturated carbocycles. The average Bonchev–Trinajstić information content (AvgIpc) is 2.38. The van der Waals surface area contributed by atoms with Crippen LogP contribution in [0.25, 0.3) is 11.3 Å². The van der Waals surface area contributed by atoms with E-state index >= 15 is 0 Å². The molecule has 0 atom stereocenters. The first kappa shape index (κ1) is 12.6. The third-order valence-corrected chi connectivity index (χ3v) is 2.87. The highest BCUT2D eigenvalue weighted by atomic mass is 35.5. The Balaban J connectivity index is 2.56. The molecule has 0 bridgehead atoms. The van der Waals surface area contributed by atoms with Crippen molar-refractivity contribution >= 4 is 23.4 Å². The fourth-order valence-corrected chi connectivity index (χ4v) is 1.84. The van der Waals surface area contributed by atoms with Crippen LogP contribution in [0.4, 0.5) is 11.8 Å². The van der Waals surface area contributed by atoms with Crippen LogP contribution in [0.2, 0.25) is 5.02 Å². The molecule has 0 fully saturated rings. The van der Waals surface area contributed by atoms with Crippen LogP contribution in [0.1, 0.15) is 5.56 Å². The average molecular weight is 264 g/mol. The van der Waals surface area contributed by atoms with Crippen LogP contribution in [-0.4, -0.2) is 17.0 Å². The topological polar surface area (TPSA) is 89.8 Å². The van der Waals surface area contributed by atoms with E-state index in [2.05, 4.69) is 15.3 Å². The van der Waals surface area contributed by atoms with Gasteiger partial charge in [-0.25, -0.2) is 4.98 Å². The van der Waals surface area contributed by atoms with Crippen molar-refractivity contribution in [3.8, 4) is 11.3 Å². The number of nitrogen functional groups attached to an aromatic ring is 1. The maximum absolute atomic E-state index is 6.17. The largest absolute Gasteiger partial charge is 0.373 e. The molecule has 0 aliphatic rings. The van der Waals surface area contributed by atoms with Crippen molar-refractivity contribution in [2.24, 2.45) is 5.73 Å². The number of hydrogen-bond acceptors (Lipinski definition) is 5. The van der Waals surface area contributed by atoms with Crippen molar-refractivity contribution in [1.82, 2.24) is 9.97 Å². The van der Waals surface area contributed by atoms with E-state index in [1.54, 1.807) is 19.2 Å². The Morgan fingerprint density at radius 2 is 2.06 bits per heavy atom. The van der Waals surface area contributed by atoms with Crippen LogP contribution in [0, 0.1) is 0 Å². The van der Waals surface area contributed by atoms with Crippen LogP contribution in [0.5, 0.6) is 0 Å². The third kappa shape index (κ3) is 2.52. The number of nitrogens with one attached hydrogen (secondary N) is 1. The number of aromatic nitrogens is 2. The van der Waals surface area contributed by atoms with Gasteiger partial charge in [0.25, 0.3) is 0 Å². The highest BCUT2D eigenvalue weighted by molar-refractivity contribution is 6.33. The second-order valence-corrected chi connectivity index (χ2v) is 4.17. The SMILES string of the molecule is CNc1cc(-c2cc(CN)ccc2Cl)nc(N)n1. The summed E-state index contributed by atoms with van der Waals surface area (Å²) in [4.78, 5) is 8.23. The second kappa shape index (κ2) is 5.20. The van der Waals surface area contributed by atoms with E-state index < -0.39 is 0 Å². The van der Waals surface area contributed by atoms with Crippen molar-refractivity contribution < 1.29 is 0 Å². The minimum absolute atomic E-state index is 0.200. The van der Waals surface area contributed by atoms with Crippen molar-refractivity contribution in [3.05, 3.63) is 34.9 Å². The zero-order valence-corrected chi connectivity index (χ0v) is 10.7. The molecule has 94 valence electrons. The molecule has 0 aliphatic carbocycles. The van der Waals surface area contributed by atoms with Crippen molar-refractivity contribution in [3.63, 3.8) is 0 Å². The third-order valence-electron chi connectivity index (χ3n) is 2.54. The Kier molecular flexibility index (Phi) is 3.64.